The Hall–Kier alpha value is -2.89. The highest BCUT2D eigenvalue weighted by molar-refractivity contribution is 5.94. The van der Waals surface area contributed by atoms with Crippen LogP contribution in [0.3, 0.4) is 0 Å². The van der Waals surface area contributed by atoms with E-state index in [0.717, 1.165) is 32.1 Å². The molecule has 27 heavy (non-hydrogen) atoms. The number of hydrogen-bond donors (Lipinski definition) is 2. The van der Waals surface area contributed by atoms with Crippen molar-refractivity contribution in [2.75, 3.05) is 5.32 Å². The Kier molecular flexibility index (Phi) is 6.06. The number of anilines is 1. The first kappa shape index (κ1) is 18.9. The molecule has 0 unspecified atom stereocenters. The third-order valence-corrected chi connectivity index (χ3v) is 4.79. The Morgan fingerprint density at radius 2 is 1.81 bits per heavy atom. The first-order chi connectivity index (χ1) is 13.1. The lowest BCUT2D eigenvalue weighted by Crippen LogP contribution is -2.37. The van der Waals surface area contributed by atoms with Gasteiger partial charge in [0.25, 0.3) is 11.5 Å². The predicted molar refractivity (Wildman–Crippen MR) is 105 cm³/mol. The molecule has 1 fully saturated rings. The van der Waals surface area contributed by atoms with E-state index in [1.165, 1.54) is 4.57 Å². The Bertz CT molecular complexity index is 865. The van der Waals surface area contributed by atoms with Gasteiger partial charge < -0.3 is 10.6 Å². The van der Waals surface area contributed by atoms with Crippen molar-refractivity contribution < 1.29 is 9.59 Å². The van der Waals surface area contributed by atoms with Gasteiger partial charge in [-0.2, -0.15) is 0 Å². The van der Waals surface area contributed by atoms with Gasteiger partial charge in [-0.05, 0) is 55.7 Å². The summed E-state index contributed by atoms with van der Waals surface area (Å²) < 4.78 is 1.45. The van der Waals surface area contributed by atoms with Crippen LogP contribution in [-0.4, -0.2) is 22.4 Å². The molecule has 0 saturated heterocycles. The van der Waals surface area contributed by atoms with Crippen LogP contribution in [0.15, 0.2) is 47.4 Å². The Labute approximate surface area is 158 Å². The molecular weight excluding hydrogens is 342 g/mol. The molecule has 0 radical (unpaired) electrons. The Morgan fingerprint density at radius 1 is 1.11 bits per heavy atom. The summed E-state index contributed by atoms with van der Waals surface area (Å²) >= 11 is 0. The number of hydrogen-bond acceptors (Lipinski definition) is 3. The number of aromatic nitrogens is 1. The van der Waals surface area contributed by atoms with E-state index in [4.69, 9.17) is 0 Å². The monoisotopic (exact) mass is 367 g/mol. The van der Waals surface area contributed by atoms with Crippen molar-refractivity contribution in [2.45, 2.75) is 51.5 Å². The summed E-state index contributed by atoms with van der Waals surface area (Å²) in [4.78, 5) is 36.9. The minimum Gasteiger partial charge on any atom is -0.349 e. The minimum atomic E-state index is -0.351. The second-order valence-electron chi connectivity index (χ2n) is 6.90. The summed E-state index contributed by atoms with van der Waals surface area (Å²) in [7, 11) is 0. The van der Waals surface area contributed by atoms with E-state index in [-0.39, 0.29) is 29.0 Å². The molecule has 3 rings (SSSR count). The van der Waals surface area contributed by atoms with E-state index in [0.29, 0.717) is 17.8 Å². The molecule has 1 heterocycles. The normalized spacial score (nSPS) is 14.1. The smallest absolute Gasteiger partial charge is 0.267 e. The Balaban J connectivity index is 1.77. The molecule has 0 atom stereocenters. The van der Waals surface area contributed by atoms with Gasteiger partial charge in [0.15, 0.2) is 0 Å². The molecular formula is C21H25N3O3. The first-order valence-electron chi connectivity index (χ1n) is 9.51. The number of nitrogens with one attached hydrogen (secondary N) is 2. The van der Waals surface area contributed by atoms with E-state index in [1.807, 2.05) is 6.92 Å². The van der Waals surface area contributed by atoms with Crippen LogP contribution in [0.1, 0.15) is 55.8 Å². The molecule has 6 heteroatoms. The van der Waals surface area contributed by atoms with E-state index < -0.39 is 0 Å². The molecule has 0 spiro atoms. The highest BCUT2D eigenvalue weighted by atomic mass is 16.2. The zero-order chi connectivity index (χ0) is 19.2. The topological polar surface area (TPSA) is 80.2 Å². The molecule has 1 aliphatic carbocycles. The zero-order valence-electron chi connectivity index (χ0n) is 15.5. The van der Waals surface area contributed by atoms with Crippen molar-refractivity contribution in [2.24, 2.45) is 0 Å². The summed E-state index contributed by atoms with van der Waals surface area (Å²) in [5.74, 6) is -0.349. The fourth-order valence-electron chi connectivity index (χ4n) is 3.36. The van der Waals surface area contributed by atoms with Crippen molar-refractivity contribution in [3.8, 4) is 5.69 Å². The molecule has 1 aliphatic rings. The number of nitrogens with zero attached hydrogens (tertiary/aromatic N) is 1. The van der Waals surface area contributed by atoms with Crippen molar-refractivity contribution in [3.05, 3.63) is 58.5 Å². The number of carbonyl (C=O) groups is 2. The van der Waals surface area contributed by atoms with E-state index >= 15 is 0 Å². The lowest BCUT2D eigenvalue weighted by atomic mass is 10.2. The fourth-order valence-corrected chi connectivity index (χ4v) is 3.36. The van der Waals surface area contributed by atoms with Crippen LogP contribution < -0.4 is 16.2 Å². The summed E-state index contributed by atoms with van der Waals surface area (Å²) in [6.07, 6.45) is 7.07. The lowest BCUT2D eigenvalue weighted by Gasteiger charge is -2.13. The van der Waals surface area contributed by atoms with E-state index in [9.17, 15) is 14.4 Å². The van der Waals surface area contributed by atoms with Crippen LogP contribution in [0.2, 0.25) is 0 Å². The maximum absolute atomic E-state index is 12.8. The maximum atomic E-state index is 12.8. The zero-order valence-corrected chi connectivity index (χ0v) is 15.5. The van der Waals surface area contributed by atoms with Crippen LogP contribution in [0.25, 0.3) is 5.69 Å². The highest BCUT2D eigenvalue weighted by Gasteiger charge is 2.20. The first-order valence-corrected chi connectivity index (χ1v) is 9.51. The second kappa shape index (κ2) is 8.66. The van der Waals surface area contributed by atoms with Crippen molar-refractivity contribution in [1.29, 1.82) is 0 Å². The molecule has 0 aliphatic heterocycles. The van der Waals surface area contributed by atoms with Crippen molar-refractivity contribution in [1.82, 2.24) is 9.88 Å². The third kappa shape index (κ3) is 4.64. The molecule has 1 saturated carbocycles. The van der Waals surface area contributed by atoms with Crippen LogP contribution in [0.4, 0.5) is 5.69 Å². The van der Waals surface area contributed by atoms with Gasteiger partial charge in [-0.3, -0.25) is 19.0 Å². The summed E-state index contributed by atoms with van der Waals surface area (Å²) in [5.41, 5.74) is 1.12. The Morgan fingerprint density at radius 3 is 2.48 bits per heavy atom. The standard InChI is InChI=1S/C21H25N3O3/c1-2-6-19(25)22-16-10-12-17(13-11-16)24-14-5-9-18(21(24)27)20(26)23-15-7-3-4-8-15/h5,9-15H,2-4,6-8H2,1H3,(H,22,25)(H,23,26). The molecule has 1 aromatic heterocycles. The highest BCUT2D eigenvalue weighted by Crippen LogP contribution is 2.18. The van der Waals surface area contributed by atoms with Gasteiger partial charge >= 0.3 is 0 Å². The van der Waals surface area contributed by atoms with Crippen LogP contribution >= 0.6 is 0 Å². The number of pyridine rings is 1. The summed E-state index contributed by atoms with van der Waals surface area (Å²) in [6, 6.07) is 10.4. The van der Waals surface area contributed by atoms with Crippen molar-refractivity contribution >= 4 is 17.5 Å². The third-order valence-electron chi connectivity index (χ3n) is 4.79. The lowest BCUT2D eigenvalue weighted by molar-refractivity contribution is -0.116. The van der Waals surface area contributed by atoms with Gasteiger partial charge in [-0.25, -0.2) is 0 Å². The molecule has 142 valence electrons. The SMILES string of the molecule is CCCC(=O)Nc1ccc(-n2cccc(C(=O)NC3CCCC3)c2=O)cc1. The van der Waals surface area contributed by atoms with Gasteiger partial charge in [0.2, 0.25) is 5.91 Å². The summed E-state index contributed by atoms with van der Waals surface area (Å²) in [6.45, 7) is 1.95. The molecule has 0 bridgehead atoms. The molecule has 6 nitrogen and oxygen atoms in total. The predicted octanol–water partition coefficient (Wildman–Crippen LogP) is 3.25. The quantitative estimate of drug-likeness (QED) is 0.822. The van der Waals surface area contributed by atoms with Crippen LogP contribution in [0, 0.1) is 0 Å². The molecule has 2 aromatic rings. The number of rotatable bonds is 6. The number of benzene rings is 1. The van der Waals surface area contributed by atoms with Crippen molar-refractivity contribution in [3.63, 3.8) is 0 Å². The van der Waals surface area contributed by atoms with Gasteiger partial charge in [0, 0.05) is 30.0 Å². The molecule has 2 N–H and O–H groups in total. The van der Waals surface area contributed by atoms with E-state index in [1.54, 1.807) is 42.6 Å². The van der Waals surface area contributed by atoms with E-state index in [2.05, 4.69) is 10.6 Å². The average molecular weight is 367 g/mol. The van der Waals surface area contributed by atoms with Crippen LogP contribution in [0.5, 0.6) is 0 Å². The van der Waals surface area contributed by atoms with Gasteiger partial charge in [0.05, 0.1) is 0 Å². The molecule has 1 aromatic carbocycles. The summed E-state index contributed by atoms with van der Waals surface area (Å²) in [5, 5.41) is 5.77. The molecule has 2 amide bonds. The van der Waals surface area contributed by atoms with Gasteiger partial charge in [0.1, 0.15) is 5.56 Å². The fraction of sp³-hybridized carbons (Fsp3) is 0.381. The minimum absolute atomic E-state index is 0.0343. The second-order valence-corrected chi connectivity index (χ2v) is 6.90. The van der Waals surface area contributed by atoms with Crippen LogP contribution in [-0.2, 0) is 4.79 Å². The number of amides is 2. The number of carbonyl (C=O) groups excluding carboxylic acids is 2. The maximum Gasteiger partial charge on any atom is 0.267 e. The van der Waals surface area contributed by atoms with Gasteiger partial charge in [-0.15, -0.1) is 0 Å². The van der Waals surface area contributed by atoms with Gasteiger partial charge in [-0.1, -0.05) is 19.8 Å². The largest absolute Gasteiger partial charge is 0.349 e. The average Bonchev–Trinajstić information content (AvgIpc) is 3.16.